The first kappa shape index (κ1) is 10.5. The van der Waals surface area contributed by atoms with Crippen LogP contribution in [0.25, 0.3) is 0 Å². The Bertz CT molecular complexity index is 324. The van der Waals surface area contributed by atoms with Crippen LogP contribution < -0.4 is 4.74 Å². The van der Waals surface area contributed by atoms with Gasteiger partial charge in [0.15, 0.2) is 0 Å². The minimum absolute atomic E-state index is 0.459. The zero-order valence-electron chi connectivity index (χ0n) is 9.75. The van der Waals surface area contributed by atoms with Crippen molar-refractivity contribution in [2.24, 2.45) is 0 Å². The first-order valence-electron chi connectivity index (χ1n) is 5.99. The highest BCUT2D eigenvalue weighted by molar-refractivity contribution is 5.33. The second-order valence-electron chi connectivity index (χ2n) is 4.62. The van der Waals surface area contributed by atoms with Gasteiger partial charge in [0.25, 0.3) is 0 Å². The van der Waals surface area contributed by atoms with Crippen LogP contribution in [0.2, 0.25) is 0 Å². The van der Waals surface area contributed by atoms with Crippen LogP contribution in [0.15, 0.2) is 18.2 Å². The van der Waals surface area contributed by atoms with Crippen LogP contribution in [0.3, 0.4) is 0 Å². The summed E-state index contributed by atoms with van der Waals surface area (Å²) in [5, 5.41) is 0. The molecule has 0 bridgehead atoms. The second-order valence-corrected chi connectivity index (χ2v) is 4.62. The molecule has 2 rings (SSSR count). The Labute approximate surface area is 92.5 Å². The summed E-state index contributed by atoms with van der Waals surface area (Å²) >= 11 is 0. The highest BCUT2D eigenvalue weighted by atomic mass is 16.5. The van der Waals surface area contributed by atoms with Gasteiger partial charge in [-0.3, -0.25) is 0 Å². The molecule has 1 nitrogen and oxygen atoms in total. The Kier molecular flexibility index (Phi) is 3.30. The maximum absolute atomic E-state index is 5.99. The van der Waals surface area contributed by atoms with Crippen molar-refractivity contribution in [3.05, 3.63) is 29.3 Å². The maximum atomic E-state index is 5.99. The fourth-order valence-electron chi connectivity index (χ4n) is 2.16. The van der Waals surface area contributed by atoms with Crippen LogP contribution in [0, 0.1) is 13.8 Å². The predicted octanol–water partition coefficient (Wildman–Crippen LogP) is 4.01. The van der Waals surface area contributed by atoms with Crippen molar-refractivity contribution in [1.29, 1.82) is 0 Å². The van der Waals surface area contributed by atoms with Gasteiger partial charge in [0, 0.05) is 0 Å². The van der Waals surface area contributed by atoms with Gasteiger partial charge < -0.3 is 4.74 Å². The maximum Gasteiger partial charge on any atom is 0.119 e. The Balaban J connectivity index is 2.00. The van der Waals surface area contributed by atoms with Crippen LogP contribution in [0.4, 0.5) is 0 Å². The fourth-order valence-corrected chi connectivity index (χ4v) is 2.16. The number of ether oxygens (including phenoxy) is 1. The summed E-state index contributed by atoms with van der Waals surface area (Å²) in [5.74, 6) is 1.05. The molecule has 15 heavy (non-hydrogen) atoms. The molecule has 0 N–H and O–H groups in total. The highest BCUT2D eigenvalue weighted by Crippen LogP contribution is 2.24. The molecule has 1 fully saturated rings. The van der Waals surface area contributed by atoms with Crippen molar-refractivity contribution in [2.45, 2.75) is 52.1 Å². The van der Waals surface area contributed by atoms with Gasteiger partial charge in [0.2, 0.25) is 0 Å². The van der Waals surface area contributed by atoms with Crippen molar-refractivity contribution < 1.29 is 4.74 Å². The lowest BCUT2D eigenvalue weighted by atomic mass is 9.98. The largest absolute Gasteiger partial charge is 0.490 e. The number of benzene rings is 1. The topological polar surface area (TPSA) is 9.23 Å². The van der Waals surface area contributed by atoms with E-state index in [2.05, 4.69) is 32.0 Å². The third-order valence-corrected chi connectivity index (χ3v) is 3.33. The zero-order chi connectivity index (χ0) is 10.7. The number of hydrogen-bond donors (Lipinski definition) is 0. The molecule has 1 saturated carbocycles. The molecule has 1 heteroatoms. The average molecular weight is 204 g/mol. The van der Waals surface area contributed by atoms with Crippen molar-refractivity contribution >= 4 is 0 Å². The van der Waals surface area contributed by atoms with Gasteiger partial charge in [0.1, 0.15) is 5.75 Å². The summed E-state index contributed by atoms with van der Waals surface area (Å²) in [6.07, 6.45) is 6.96. The molecule has 0 unspecified atom stereocenters. The van der Waals surface area contributed by atoms with Crippen LogP contribution >= 0.6 is 0 Å². The standard InChI is InChI=1S/C14H20O/c1-11-8-9-14(10-12(11)2)15-13-6-4-3-5-7-13/h8-10,13H,3-7H2,1-2H3. The van der Waals surface area contributed by atoms with E-state index in [1.54, 1.807) is 0 Å². The molecule has 1 aromatic rings. The van der Waals surface area contributed by atoms with Gasteiger partial charge in [-0.15, -0.1) is 0 Å². The highest BCUT2D eigenvalue weighted by Gasteiger charge is 2.14. The monoisotopic (exact) mass is 204 g/mol. The molecule has 0 radical (unpaired) electrons. The summed E-state index contributed by atoms with van der Waals surface area (Å²) in [7, 11) is 0. The first-order valence-corrected chi connectivity index (χ1v) is 5.99. The third kappa shape index (κ3) is 2.74. The lowest BCUT2D eigenvalue weighted by molar-refractivity contribution is 0.155. The minimum Gasteiger partial charge on any atom is -0.490 e. The van der Waals surface area contributed by atoms with E-state index in [0.29, 0.717) is 6.10 Å². The normalized spacial score (nSPS) is 17.7. The average Bonchev–Trinajstić information content (AvgIpc) is 2.25. The van der Waals surface area contributed by atoms with Crippen molar-refractivity contribution in [3.8, 4) is 5.75 Å². The van der Waals surface area contributed by atoms with E-state index in [9.17, 15) is 0 Å². The summed E-state index contributed by atoms with van der Waals surface area (Å²) in [5.41, 5.74) is 2.66. The molecule has 1 aromatic carbocycles. The molecule has 0 aliphatic heterocycles. The Morgan fingerprint density at radius 1 is 1.00 bits per heavy atom. The number of rotatable bonds is 2. The SMILES string of the molecule is Cc1ccc(OC2CCCCC2)cc1C. The number of aryl methyl sites for hydroxylation is 2. The van der Waals surface area contributed by atoms with Crippen molar-refractivity contribution in [2.75, 3.05) is 0 Å². The lowest BCUT2D eigenvalue weighted by Gasteiger charge is -2.23. The van der Waals surface area contributed by atoms with E-state index in [0.717, 1.165) is 5.75 Å². The summed E-state index contributed by atoms with van der Waals surface area (Å²) in [4.78, 5) is 0. The summed E-state index contributed by atoms with van der Waals surface area (Å²) in [6, 6.07) is 6.40. The van der Waals surface area contributed by atoms with Crippen LogP contribution in [0.5, 0.6) is 5.75 Å². The molecule has 1 aliphatic rings. The van der Waals surface area contributed by atoms with Crippen molar-refractivity contribution in [3.63, 3.8) is 0 Å². The minimum atomic E-state index is 0.459. The molecule has 1 aliphatic carbocycles. The summed E-state index contributed by atoms with van der Waals surface area (Å²) < 4.78 is 5.99. The van der Waals surface area contributed by atoms with E-state index >= 15 is 0 Å². The molecule has 0 saturated heterocycles. The Morgan fingerprint density at radius 3 is 2.40 bits per heavy atom. The van der Waals surface area contributed by atoms with Gasteiger partial charge in [-0.1, -0.05) is 12.5 Å². The smallest absolute Gasteiger partial charge is 0.119 e. The second kappa shape index (κ2) is 4.69. The molecule has 82 valence electrons. The van der Waals surface area contributed by atoms with Gasteiger partial charge in [-0.2, -0.15) is 0 Å². The molecule has 0 atom stereocenters. The summed E-state index contributed by atoms with van der Waals surface area (Å²) in [6.45, 7) is 4.28. The first-order chi connectivity index (χ1) is 7.25. The molecule has 0 amide bonds. The van der Waals surface area contributed by atoms with E-state index in [4.69, 9.17) is 4.74 Å². The zero-order valence-corrected chi connectivity index (χ0v) is 9.75. The molecule has 0 aromatic heterocycles. The van der Waals surface area contributed by atoms with Crippen LogP contribution in [-0.4, -0.2) is 6.10 Å². The Morgan fingerprint density at radius 2 is 1.73 bits per heavy atom. The van der Waals surface area contributed by atoms with E-state index < -0.39 is 0 Å². The van der Waals surface area contributed by atoms with Gasteiger partial charge in [0.05, 0.1) is 6.10 Å². The van der Waals surface area contributed by atoms with E-state index in [1.807, 2.05) is 0 Å². The number of hydrogen-bond acceptors (Lipinski definition) is 1. The van der Waals surface area contributed by atoms with Gasteiger partial charge in [-0.05, 0) is 62.8 Å². The molecule has 0 spiro atoms. The lowest BCUT2D eigenvalue weighted by Crippen LogP contribution is -2.19. The fraction of sp³-hybridized carbons (Fsp3) is 0.571. The van der Waals surface area contributed by atoms with E-state index in [1.165, 1.54) is 43.2 Å². The van der Waals surface area contributed by atoms with Crippen LogP contribution in [0.1, 0.15) is 43.2 Å². The third-order valence-electron chi connectivity index (χ3n) is 3.33. The molecule has 0 heterocycles. The van der Waals surface area contributed by atoms with Crippen molar-refractivity contribution in [1.82, 2.24) is 0 Å². The predicted molar refractivity (Wildman–Crippen MR) is 63.4 cm³/mol. The molecular formula is C14H20O. The van der Waals surface area contributed by atoms with E-state index in [-0.39, 0.29) is 0 Å². The quantitative estimate of drug-likeness (QED) is 0.707. The van der Waals surface area contributed by atoms with Crippen LogP contribution in [-0.2, 0) is 0 Å². The molecular weight excluding hydrogens is 184 g/mol. The Hall–Kier alpha value is -0.980. The van der Waals surface area contributed by atoms with Gasteiger partial charge >= 0.3 is 0 Å². The van der Waals surface area contributed by atoms with Gasteiger partial charge in [-0.25, -0.2) is 0 Å².